The molecule has 0 spiro atoms. The molecule has 1 saturated carbocycles. The molecule has 0 unspecified atom stereocenters. The topological polar surface area (TPSA) is 47.6 Å². The van der Waals surface area contributed by atoms with E-state index < -0.39 is 0 Å². The maximum absolute atomic E-state index is 12.4. The number of para-hydroxylation sites is 1. The van der Waals surface area contributed by atoms with Crippen LogP contribution in [0.15, 0.2) is 48.5 Å². The molecule has 0 heterocycles. The Hall–Kier alpha value is -2.49. The van der Waals surface area contributed by atoms with E-state index in [2.05, 4.69) is 5.32 Å². The molecule has 1 fully saturated rings. The summed E-state index contributed by atoms with van der Waals surface area (Å²) in [6.45, 7) is 0. The van der Waals surface area contributed by atoms with Crippen LogP contribution in [0, 0.1) is 0 Å². The fourth-order valence-corrected chi connectivity index (χ4v) is 2.87. The van der Waals surface area contributed by atoms with Gasteiger partial charge in [-0.25, -0.2) is 0 Å². The molecule has 0 saturated heterocycles. The summed E-state index contributed by atoms with van der Waals surface area (Å²) in [4.78, 5) is 12.4. The highest BCUT2D eigenvalue weighted by molar-refractivity contribution is 5.80. The van der Waals surface area contributed by atoms with E-state index in [1.807, 2.05) is 48.5 Å². The molecule has 23 heavy (non-hydrogen) atoms. The van der Waals surface area contributed by atoms with Gasteiger partial charge in [-0.15, -0.1) is 0 Å². The van der Waals surface area contributed by atoms with Gasteiger partial charge >= 0.3 is 0 Å². The van der Waals surface area contributed by atoms with Gasteiger partial charge in [-0.2, -0.15) is 0 Å². The molecule has 4 nitrogen and oxygen atoms in total. The molecule has 0 aromatic heterocycles. The van der Waals surface area contributed by atoms with Gasteiger partial charge in [0, 0.05) is 5.56 Å². The van der Waals surface area contributed by atoms with Gasteiger partial charge in [0.05, 0.1) is 26.2 Å². The fraction of sp³-hybridized carbons (Fsp3) is 0.316. The minimum absolute atomic E-state index is 0.0265. The van der Waals surface area contributed by atoms with Gasteiger partial charge in [0.2, 0.25) is 5.91 Å². The van der Waals surface area contributed by atoms with Gasteiger partial charge < -0.3 is 14.8 Å². The number of nitrogens with one attached hydrogen (secondary N) is 1. The molecule has 0 atom stereocenters. The molecule has 1 aliphatic carbocycles. The molecular formula is C19H21NO3. The number of methoxy groups -OCH3 is 2. The summed E-state index contributed by atoms with van der Waals surface area (Å²) in [6.07, 6.45) is 2.25. The van der Waals surface area contributed by atoms with E-state index >= 15 is 0 Å². The van der Waals surface area contributed by atoms with E-state index in [1.165, 1.54) is 0 Å². The number of rotatable bonds is 6. The Morgan fingerprint density at radius 1 is 1.04 bits per heavy atom. The Morgan fingerprint density at radius 2 is 1.74 bits per heavy atom. The van der Waals surface area contributed by atoms with Gasteiger partial charge in [-0.05, 0) is 36.6 Å². The average Bonchev–Trinajstić information content (AvgIpc) is 3.36. The molecule has 0 radical (unpaired) electrons. The van der Waals surface area contributed by atoms with Crippen LogP contribution in [0.1, 0.15) is 24.0 Å². The fourth-order valence-electron chi connectivity index (χ4n) is 2.87. The summed E-state index contributed by atoms with van der Waals surface area (Å²) >= 11 is 0. The third kappa shape index (κ3) is 3.31. The molecule has 3 rings (SSSR count). The summed E-state index contributed by atoms with van der Waals surface area (Å²) in [5, 5.41) is 3.19. The van der Waals surface area contributed by atoms with Crippen LogP contribution in [0.2, 0.25) is 0 Å². The Labute approximate surface area is 136 Å². The second kappa shape index (κ2) is 6.32. The minimum atomic E-state index is -0.268. The number of ether oxygens (including phenoxy) is 2. The average molecular weight is 311 g/mol. The van der Waals surface area contributed by atoms with Crippen molar-refractivity contribution in [2.75, 3.05) is 14.2 Å². The lowest BCUT2D eigenvalue weighted by Crippen LogP contribution is -2.36. The van der Waals surface area contributed by atoms with Crippen molar-refractivity contribution >= 4 is 5.91 Å². The highest BCUT2D eigenvalue weighted by atomic mass is 16.5. The van der Waals surface area contributed by atoms with Crippen molar-refractivity contribution in [3.8, 4) is 11.5 Å². The van der Waals surface area contributed by atoms with E-state index in [1.54, 1.807) is 14.2 Å². The van der Waals surface area contributed by atoms with Crippen LogP contribution < -0.4 is 14.8 Å². The largest absolute Gasteiger partial charge is 0.497 e. The molecule has 1 amide bonds. The maximum atomic E-state index is 12.4. The maximum Gasteiger partial charge on any atom is 0.225 e. The van der Waals surface area contributed by atoms with Gasteiger partial charge in [0.25, 0.3) is 0 Å². The van der Waals surface area contributed by atoms with E-state index in [0.717, 1.165) is 35.5 Å². The number of carbonyl (C=O) groups is 1. The summed E-state index contributed by atoms with van der Waals surface area (Å²) in [5.41, 5.74) is 1.76. The number of amides is 1. The molecule has 1 aliphatic rings. The summed E-state index contributed by atoms with van der Waals surface area (Å²) in [5.74, 6) is 1.65. The van der Waals surface area contributed by atoms with E-state index in [4.69, 9.17) is 9.47 Å². The molecule has 0 aliphatic heterocycles. The van der Waals surface area contributed by atoms with Crippen molar-refractivity contribution in [3.63, 3.8) is 0 Å². The summed E-state index contributed by atoms with van der Waals surface area (Å²) in [6, 6.07) is 15.5. The molecule has 1 N–H and O–H groups in total. The zero-order valence-electron chi connectivity index (χ0n) is 13.5. The zero-order chi connectivity index (χ0) is 16.3. The Kier molecular flexibility index (Phi) is 4.24. The van der Waals surface area contributed by atoms with Crippen molar-refractivity contribution in [2.45, 2.75) is 24.8 Å². The highest BCUT2D eigenvalue weighted by Gasteiger charge is 2.47. The third-order valence-corrected chi connectivity index (χ3v) is 4.27. The van der Waals surface area contributed by atoms with Gasteiger partial charge in [-0.3, -0.25) is 4.79 Å². The first-order chi connectivity index (χ1) is 11.2. The summed E-state index contributed by atoms with van der Waals surface area (Å²) in [7, 11) is 3.29. The van der Waals surface area contributed by atoms with Crippen molar-refractivity contribution in [1.82, 2.24) is 5.32 Å². The normalized spacial score (nSPS) is 14.9. The first-order valence-corrected chi connectivity index (χ1v) is 7.74. The monoisotopic (exact) mass is 311 g/mol. The van der Waals surface area contributed by atoms with Crippen LogP contribution in [-0.4, -0.2) is 20.1 Å². The Bertz CT molecular complexity index is 690. The van der Waals surface area contributed by atoms with Crippen LogP contribution in [0.5, 0.6) is 11.5 Å². The molecule has 0 bridgehead atoms. The lowest BCUT2D eigenvalue weighted by Gasteiger charge is -2.20. The van der Waals surface area contributed by atoms with Crippen molar-refractivity contribution < 1.29 is 14.3 Å². The first-order valence-electron chi connectivity index (χ1n) is 7.74. The second-order valence-electron chi connectivity index (χ2n) is 5.86. The van der Waals surface area contributed by atoms with Crippen LogP contribution >= 0.6 is 0 Å². The predicted molar refractivity (Wildman–Crippen MR) is 88.7 cm³/mol. The minimum Gasteiger partial charge on any atom is -0.497 e. The number of hydrogen-bond donors (Lipinski definition) is 1. The van der Waals surface area contributed by atoms with Crippen LogP contribution in [-0.2, 0) is 16.8 Å². The molecule has 2 aromatic carbocycles. The molecular weight excluding hydrogens is 290 g/mol. The predicted octanol–water partition coefficient (Wildman–Crippen LogP) is 3.05. The van der Waals surface area contributed by atoms with Crippen LogP contribution in [0.3, 0.4) is 0 Å². The second-order valence-corrected chi connectivity index (χ2v) is 5.86. The Morgan fingerprint density at radius 3 is 2.35 bits per heavy atom. The van der Waals surface area contributed by atoms with Gasteiger partial charge in [0.1, 0.15) is 11.5 Å². The quantitative estimate of drug-likeness (QED) is 0.892. The molecule has 120 valence electrons. The SMILES string of the molecule is COc1ccc(CC(=O)NC2(c3ccccc3OC)CC2)cc1. The lowest BCUT2D eigenvalue weighted by atomic mass is 10.0. The van der Waals surface area contributed by atoms with E-state index in [9.17, 15) is 4.79 Å². The smallest absolute Gasteiger partial charge is 0.225 e. The Balaban J connectivity index is 1.69. The number of benzene rings is 2. The van der Waals surface area contributed by atoms with Crippen LogP contribution in [0.4, 0.5) is 0 Å². The number of carbonyl (C=O) groups excluding carboxylic acids is 1. The van der Waals surface area contributed by atoms with Crippen molar-refractivity contribution in [2.24, 2.45) is 0 Å². The van der Waals surface area contributed by atoms with Gasteiger partial charge in [-0.1, -0.05) is 30.3 Å². The van der Waals surface area contributed by atoms with Gasteiger partial charge in [0.15, 0.2) is 0 Å². The first kappa shape index (κ1) is 15.4. The molecule has 2 aromatic rings. The standard InChI is InChI=1S/C19H21NO3/c1-22-15-9-7-14(8-10-15)13-18(21)20-19(11-12-19)16-5-3-4-6-17(16)23-2/h3-10H,11-13H2,1-2H3,(H,20,21). The lowest BCUT2D eigenvalue weighted by molar-refractivity contribution is -0.121. The summed E-state index contributed by atoms with van der Waals surface area (Å²) < 4.78 is 10.6. The van der Waals surface area contributed by atoms with E-state index in [-0.39, 0.29) is 11.4 Å². The van der Waals surface area contributed by atoms with Crippen molar-refractivity contribution in [1.29, 1.82) is 0 Å². The third-order valence-electron chi connectivity index (χ3n) is 4.27. The molecule has 4 heteroatoms. The van der Waals surface area contributed by atoms with E-state index in [0.29, 0.717) is 6.42 Å². The zero-order valence-corrected chi connectivity index (χ0v) is 13.5. The highest BCUT2D eigenvalue weighted by Crippen LogP contribution is 2.48. The van der Waals surface area contributed by atoms with Crippen LogP contribution in [0.25, 0.3) is 0 Å². The number of hydrogen-bond acceptors (Lipinski definition) is 3. The van der Waals surface area contributed by atoms with Crippen molar-refractivity contribution in [3.05, 3.63) is 59.7 Å².